The van der Waals surface area contributed by atoms with Crippen LogP contribution < -0.4 is 4.74 Å². The molecule has 1 aromatic carbocycles. The maximum Gasteiger partial charge on any atom is 0.261 e. The zero-order chi connectivity index (χ0) is 15.6. The molecule has 0 saturated heterocycles. The van der Waals surface area contributed by atoms with Crippen LogP contribution >= 0.6 is 22.0 Å². The van der Waals surface area contributed by atoms with Crippen LogP contribution in [0.4, 0.5) is 8.78 Å². The first-order chi connectivity index (χ1) is 9.79. The van der Waals surface area contributed by atoms with Crippen LogP contribution in [0.2, 0.25) is 0 Å². The maximum absolute atomic E-state index is 13.7. The Labute approximate surface area is 128 Å². The van der Waals surface area contributed by atoms with Crippen molar-refractivity contribution in [1.29, 1.82) is 0 Å². The Morgan fingerprint density at radius 1 is 1.33 bits per heavy atom. The van der Waals surface area contributed by atoms with Gasteiger partial charge in [0.25, 0.3) is 9.05 Å². The van der Waals surface area contributed by atoms with Gasteiger partial charge >= 0.3 is 0 Å². The molecular formula is C12H10ClF2NO3S2. The van der Waals surface area contributed by atoms with Crippen LogP contribution in [0.15, 0.2) is 22.5 Å². The number of rotatable bonds is 5. The first-order valence-corrected chi connectivity index (χ1v) is 8.93. The summed E-state index contributed by atoms with van der Waals surface area (Å²) in [5, 5.41) is 0. The fourth-order valence-electron chi connectivity index (χ4n) is 1.63. The second-order valence-corrected chi connectivity index (χ2v) is 7.62. The van der Waals surface area contributed by atoms with Gasteiger partial charge in [-0.2, -0.15) is 0 Å². The number of hydrogen-bond donors (Lipinski definition) is 0. The summed E-state index contributed by atoms with van der Waals surface area (Å²) in [6, 6.07) is 1.25. The predicted octanol–water partition coefficient (Wildman–Crippen LogP) is 3.28. The van der Waals surface area contributed by atoms with Gasteiger partial charge < -0.3 is 4.74 Å². The van der Waals surface area contributed by atoms with Gasteiger partial charge in [-0.05, 0) is 19.1 Å². The monoisotopic (exact) mass is 353 g/mol. The molecule has 0 atom stereocenters. The molecule has 1 aromatic heterocycles. The maximum atomic E-state index is 13.7. The van der Waals surface area contributed by atoms with Crippen molar-refractivity contribution < 1.29 is 21.9 Å². The molecule has 0 aliphatic carbocycles. The van der Waals surface area contributed by atoms with Crippen LogP contribution in [-0.4, -0.2) is 20.0 Å². The first kappa shape index (κ1) is 16.1. The van der Waals surface area contributed by atoms with Gasteiger partial charge in [0, 0.05) is 22.0 Å². The fourth-order valence-corrected chi connectivity index (χ4v) is 3.15. The van der Waals surface area contributed by atoms with Gasteiger partial charge in [0.05, 0.1) is 22.7 Å². The van der Waals surface area contributed by atoms with Crippen molar-refractivity contribution in [2.24, 2.45) is 0 Å². The highest BCUT2D eigenvalue weighted by Gasteiger charge is 2.19. The van der Waals surface area contributed by atoms with Crippen LogP contribution in [0, 0.1) is 18.6 Å². The molecule has 114 valence electrons. The van der Waals surface area contributed by atoms with Crippen LogP contribution in [0.5, 0.6) is 5.75 Å². The molecule has 0 amide bonds. The molecule has 0 unspecified atom stereocenters. The van der Waals surface area contributed by atoms with E-state index in [0.717, 1.165) is 10.6 Å². The largest absolute Gasteiger partial charge is 0.487 e. The van der Waals surface area contributed by atoms with Crippen molar-refractivity contribution in [3.05, 3.63) is 39.8 Å². The molecule has 0 aliphatic rings. The fraction of sp³-hybridized carbons (Fsp3) is 0.250. The number of halogens is 3. The Morgan fingerprint density at radius 2 is 1.95 bits per heavy atom. The van der Waals surface area contributed by atoms with E-state index in [0.29, 0.717) is 18.6 Å². The topological polar surface area (TPSA) is 56.3 Å². The average Bonchev–Trinajstić information content (AvgIpc) is 2.77. The smallest absolute Gasteiger partial charge is 0.261 e. The Balaban J connectivity index is 2.12. The van der Waals surface area contributed by atoms with E-state index in [2.05, 4.69) is 4.98 Å². The van der Waals surface area contributed by atoms with E-state index in [4.69, 9.17) is 15.4 Å². The number of nitrogens with zero attached hydrogens (tertiary/aromatic N) is 1. The van der Waals surface area contributed by atoms with E-state index in [1.807, 2.05) is 6.92 Å². The van der Waals surface area contributed by atoms with Gasteiger partial charge in [-0.3, -0.25) is 0 Å². The molecular weight excluding hydrogens is 344 g/mol. The highest BCUT2D eigenvalue weighted by Crippen LogP contribution is 2.27. The number of ether oxygens (including phenoxy) is 1. The van der Waals surface area contributed by atoms with E-state index < -0.39 is 31.3 Å². The van der Waals surface area contributed by atoms with Crippen molar-refractivity contribution >= 4 is 31.1 Å². The Bertz CT molecular complexity index is 739. The van der Waals surface area contributed by atoms with Gasteiger partial charge in [-0.25, -0.2) is 22.2 Å². The van der Waals surface area contributed by atoms with Gasteiger partial charge in [0.15, 0.2) is 17.4 Å². The summed E-state index contributed by atoms with van der Waals surface area (Å²) >= 11 is 1.42. The number of hydrogen-bond acceptors (Lipinski definition) is 5. The van der Waals surface area contributed by atoms with Gasteiger partial charge in [0.1, 0.15) is 0 Å². The summed E-state index contributed by atoms with van der Waals surface area (Å²) in [6.45, 7) is 1.87. The van der Waals surface area contributed by atoms with Crippen LogP contribution in [0.25, 0.3) is 0 Å². The van der Waals surface area contributed by atoms with Crippen LogP contribution in [0.3, 0.4) is 0 Å². The Morgan fingerprint density at radius 3 is 2.43 bits per heavy atom. The number of aryl methyl sites for hydroxylation is 1. The van der Waals surface area contributed by atoms with Crippen molar-refractivity contribution in [3.8, 4) is 5.75 Å². The lowest BCUT2D eigenvalue weighted by Crippen LogP contribution is -2.05. The van der Waals surface area contributed by atoms with Gasteiger partial charge in [0.2, 0.25) is 0 Å². The third kappa shape index (κ3) is 3.90. The first-order valence-electron chi connectivity index (χ1n) is 5.74. The third-order valence-corrected chi connectivity index (χ3v) is 5.00. The highest BCUT2D eigenvalue weighted by molar-refractivity contribution is 8.13. The van der Waals surface area contributed by atoms with E-state index in [1.54, 1.807) is 5.51 Å². The van der Waals surface area contributed by atoms with Crippen molar-refractivity contribution in [1.82, 2.24) is 4.98 Å². The second-order valence-electron chi connectivity index (χ2n) is 4.11. The molecule has 1 heterocycles. The minimum absolute atomic E-state index is 0.0455. The zero-order valence-electron chi connectivity index (χ0n) is 10.8. The van der Waals surface area contributed by atoms with Crippen LogP contribution in [0.1, 0.15) is 10.6 Å². The minimum Gasteiger partial charge on any atom is -0.487 e. The Hall–Kier alpha value is -1.25. The zero-order valence-corrected chi connectivity index (χ0v) is 13.2. The summed E-state index contributed by atoms with van der Waals surface area (Å²) in [5.74, 6) is -2.85. The van der Waals surface area contributed by atoms with E-state index in [1.165, 1.54) is 11.3 Å². The molecule has 2 rings (SSSR count). The van der Waals surface area contributed by atoms with E-state index in [-0.39, 0.29) is 6.61 Å². The molecule has 2 aromatic rings. The molecule has 0 saturated carbocycles. The van der Waals surface area contributed by atoms with Crippen molar-refractivity contribution in [2.75, 3.05) is 6.61 Å². The average molecular weight is 354 g/mol. The number of thiazole rings is 1. The minimum atomic E-state index is -4.20. The molecule has 9 heteroatoms. The molecule has 0 fully saturated rings. The molecule has 4 nitrogen and oxygen atoms in total. The second kappa shape index (κ2) is 6.25. The van der Waals surface area contributed by atoms with Crippen LogP contribution in [-0.2, 0) is 15.5 Å². The van der Waals surface area contributed by atoms with Gasteiger partial charge in [-0.15, -0.1) is 11.3 Å². The molecule has 0 N–H and O–H groups in total. The number of aromatic nitrogens is 1. The lowest BCUT2D eigenvalue weighted by Gasteiger charge is -2.09. The summed E-state index contributed by atoms with van der Waals surface area (Å²) in [4.78, 5) is 4.36. The quantitative estimate of drug-likeness (QED) is 0.774. The van der Waals surface area contributed by atoms with Crippen molar-refractivity contribution in [3.63, 3.8) is 0 Å². The lowest BCUT2D eigenvalue weighted by atomic mass is 10.3. The molecule has 21 heavy (non-hydrogen) atoms. The normalized spacial score (nSPS) is 11.6. The Kier molecular flexibility index (Phi) is 4.80. The van der Waals surface area contributed by atoms with E-state index in [9.17, 15) is 17.2 Å². The van der Waals surface area contributed by atoms with Crippen molar-refractivity contribution in [2.45, 2.75) is 18.2 Å². The molecule has 0 aliphatic heterocycles. The SMILES string of the molecule is Cc1ncsc1CCOc1c(F)cc(S(=O)(=O)Cl)cc1F. The summed E-state index contributed by atoms with van der Waals surface area (Å²) in [7, 11) is 0.841. The summed E-state index contributed by atoms with van der Waals surface area (Å²) in [6.07, 6.45) is 0.449. The van der Waals surface area contributed by atoms with E-state index >= 15 is 0 Å². The standard InChI is InChI=1S/C12H10ClF2NO3S2/c1-7-11(20-6-16-7)2-3-19-12-9(14)4-8(5-10(12)15)21(13,17)18/h4-6H,2-3H2,1H3. The molecule has 0 bridgehead atoms. The highest BCUT2D eigenvalue weighted by atomic mass is 35.7. The summed E-state index contributed by atoms with van der Waals surface area (Å²) < 4.78 is 54.5. The number of benzene rings is 1. The summed E-state index contributed by atoms with van der Waals surface area (Å²) in [5.41, 5.74) is 2.51. The predicted molar refractivity (Wildman–Crippen MR) is 75.4 cm³/mol. The third-order valence-electron chi connectivity index (χ3n) is 2.67. The molecule has 0 radical (unpaired) electrons. The molecule has 0 spiro atoms. The lowest BCUT2D eigenvalue weighted by molar-refractivity contribution is 0.288. The van der Waals surface area contributed by atoms with Gasteiger partial charge in [-0.1, -0.05) is 0 Å².